The Morgan fingerprint density at radius 3 is 2.80 bits per heavy atom. The maximum atomic E-state index is 13.6. The van der Waals surface area contributed by atoms with Crippen molar-refractivity contribution in [3.8, 4) is 0 Å². The first-order valence-corrected chi connectivity index (χ1v) is 5.89. The SMILES string of the molecule is O=C(O)c1cnn(C2CCSCC2)c1F. The van der Waals surface area contributed by atoms with Crippen LogP contribution in [0, 0.1) is 5.95 Å². The highest BCUT2D eigenvalue weighted by molar-refractivity contribution is 7.99. The number of aromatic nitrogens is 2. The maximum Gasteiger partial charge on any atom is 0.342 e. The number of nitrogens with zero attached hydrogens (tertiary/aromatic N) is 2. The van der Waals surface area contributed by atoms with Crippen molar-refractivity contribution in [2.45, 2.75) is 18.9 Å². The van der Waals surface area contributed by atoms with E-state index in [4.69, 9.17) is 5.11 Å². The van der Waals surface area contributed by atoms with Crippen LogP contribution in [-0.2, 0) is 0 Å². The van der Waals surface area contributed by atoms with Crippen LogP contribution in [0.1, 0.15) is 29.2 Å². The van der Waals surface area contributed by atoms with E-state index in [0.29, 0.717) is 0 Å². The lowest BCUT2D eigenvalue weighted by molar-refractivity contribution is 0.0690. The molecule has 0 spiro atoms. The molecular formula is C9H11FN2O2S. The van der Waals surface area contributed by atoms with Crippen molar-refractivity contribution >= 4 is 17.7 Å². The zero-order chi connectivity index (χ0) is 10.8. The van der Waals surface area contributed by atoms with Crippen LogP contribution in [0.5, 0.6) is 0 Å². The van der Waals surface area contributed by atoms with Crippen LogP contribution in [0.25, 0.3) is 0 Å². The van der Waals surface area contributed by atoms with Crippen molar-refractivity contribution in [3.05, 3.63) is 17.7 Å². The number of rotatable bonds is 2. The molecule has 2 heterocycles. The molecule has 6 heteroatoms. The quantitative estimate of drug-likeness (QED) is 0.841. The molecule has 1 N–H and O–H groups in total. The summed E-state index contributed by atoms with van der Waals surface area (Å²) in [4.78, 5) is 10.6. The fraction of sp³-hybridized carbons (Fsp3) is 0.556. The molecule has 1 aromatic rings. The van der Waals surface area contributed by atoms with Gasteiger partial charge in [-0.1, -0.05) is 0 Å². The average Bonchev–Trinajstić information content (AvgIpc) is 2.61. The van der Waals surface area contributed by atoms with Crippen LogP contribution < -0.4 is 0 Å². The molecule has 1 fully saturated rings. The summed E-state index contributed by atoms with van der Waals surface area (Å²) in [7, 11) is 0. The summed E-state index contributed by atoms with van der Waals surface area (Å²) in [5, 5.41) is 12.5. The Labute approximate surface area is 90.5 Å². The number of carboxylic acids is 1. The van der Waals surface area contributed by atoms with Gasteiger partial charge in [-0.25, -0.2) is 9.48 Å². The fourth-order valence-electron chi connectivity index (χ4n) is 1.68. The molecule has 15 heavy (non-hydrogen) atoms. The van der Waals surface area contributed by atoms with Gasteiger partial charge in [-0.05, 0) is 24.3 Å². The van der Waals surface area contributed by atoms with Crippen molar-refractivity contribution in [1.82, 2.24) is 9.78 Å². The van der Waals surface area contributed by atoms with E-state index in [1.54, 1.807) is 0 Å². The number of carboxylic acid groups (broad SMARTS) is 1. The third-order valence-corrected chi connectivity index (χ3v) is 3.55. The summed E-state index contributed by atoms with van der Waals surface area (Å²) in [6.07, 6.45) is 2.78. The Morgan fingerprint density at radius 1 is 1.60 bits per heavy atom. The van der Waals surface area contributed by atoms with E-state index in [-0.39, 0.29) is 11.6 Å². The molecule has 2 rings (SSSR count). The van der Waals surface area contributed by atoms with Crippen molar-refractivity contribution in [2.24, 2.45) is 0 Å². The third kappa shape index (κ3) is 1.99. The smallest absolute Gasteiger partial charge is 0.342 e. The molecule has 0 atom stereocenters. The molecule has 0 radical (unpaired) electrons. The summed E-state index contributed by atoms with van der Waals surface area (Å²) in [5.41, 5.74) is -0.340. The summed E-state index contributed by atoms with van der Waals surface area (Å²) < 4.78 is 14.8. The van der Waals surface area contributed by atoms with E-state index in [1.165, 1.54) is 4.68 Å². The van der Waals surface area contributed by atoms with Crippen molar-refractivity contribution in [3.63, 3.8) is 0 Å². The van der Waals surface area contributed by atoms with Crippen LogP contribution in [-0.4, -0.2) is 32.4 Å². The standard InChI is InChI=1S/C9H11FN2O2S/c10-8-7(9(13)14)5-11-12(8)6-1-3-15-4-2-6/h5-6H,1-4H2,(H,13,14). The minimum absolute atomic E-state index is 0.0133. The Bertz CT molecular complexity index is 374. The molecule has 0 saturated carbocycles. The molecule has 82 valence electrons. The van der Waals surface area contributed by atoms with Gasteiger partial charge in [0.1, 0.15) is 5.56 Å². The van der Waals surface area contributed by atoms with Crippen molar-refractivity contribution in [1.29, 1.82) is 0 Å². The van der Waals surface area contributed by atoms with E-state index in [2.05, 4.69) is 5.10 Å². The molecule has 1 saturated heterocycles. The van der Waals surface area contributed by atoms with Crippen LogP contribution in [0.15, 0.2) is 6.20 Å². The maximum absolute atomic E-state index is 13.6. The summed E-state index contributed by atoms with van der Waals surface area (Å²) in [6, 6.07) is 0.0133. The predicted octanol–water partition coefficient (Wildman–Crippen LogP) is 1.79. The van der Waals surface area contributed by atoms with Gasteiger partial charge in [0.2, 0.25) is 5.95 Å². The molecule has 0 amide bonds. The lowest BCUT2D eigenvalue weighted by Gasteiger charge is -2.21. The zero-order valence-electron chi connectivity index (χ0n) is 8.02. The minimum atomic E-state index is -1.26. The first-order chi connectivity index (χ1) is 7.20. The molecule has 0 aromatic carbocycles. The number of carbonyl (C=O) groups is 1. The Kier molecular flexibility index (Phi) is 2.95. The van der Waals surface area contributed by atoms with E-state index >= 15 is 0 Å². The van der Waals surface area contributed by atoms with E-state index in [0.717, 1.165) is 30.5 Å². The van der Waals surface area contributed by atoms with Gasteiger partial charge < -0.3 is 5.11 Å². The van der Waals surface area contributed by atoms with Crippen LogP contribution in [0.3, 0.4) is 0 Å². The molecule has 1 aliphatic heterocycles. The van der Waals surface area contributed by atoms with Gasteiger partial charge in [0, 0.05) is 0 Å². The zero-order valence-corrected chi connectivity index (χ0v) is 8.84. The van der Waals surface area contributed by atoms with Gasteiger partial charge in [-0.15, -0.1) is 0 Å². The van der Waals surface area contributed by atoms with E-state index < -0.39 is 11.9 Å². The largest absolute Gasteiger partial charge is 0.477 e. The molecular weight excluding hydrogens is 219 g/mol. The summed E-state index contributed by atoms with van der Waals surface area (Å²) in [5.74, 6) is -0.0259. The Balaban J connectivity index is 2.24. The molecule has 1 aliphatic rings. The number of thioether (sulfide) groups is 1. The number of hydrogen-bond donors (Lipinski definition) is 1. The molecule has 0 unspecified atom stereocenters. The van der Waals surface area contributed by atoms with Crippen molar-refractivity contribution < 1.29 is 14.3 Å². The van der Waals surface area contributed by atoms with Gasteiger partial charge in [0.15, 0.2) is 0 Å². The third-order valence-electron chi connectivity index (χ3n) is 2.50. The monoisotopic (exact) mass is 230 g/mol. The van der Waals surface area contributed by atoms with Gasteiger partial charge >= 0.3 is 5.97 Å². The second-order valence-electron chi connectivity index (χ2n) is 3.44. The van der Waals surface area contributed by atoms with Gasteiger partial charge in [0.25, 0.3) is 0 Å². The van der Waals surface area contributed by atoms with Crippen molar-refractivity contribution in [2.75, 3.05) is 11.5 Å². The van der Waals surface area contributed by atoms with Crippen LogP contribution >= 0.6 is 11.8 Å². The lowest BCUT2D eigenvalue weighted by atomic mass is 10.1. The van der Waals surface area contributed by atoms with Gasteiger partial charge in [-0.2, -0.15) is 21.3 Å². The second-order valence-corrected chi connectivity index (χ2v) is 4.67. The van der Waals surface area contributed by atoms with E-state index in [9.17, 15) is 9.18 Å². The summed E-state index contributed by atoms with van der Waals surface area (Å²) >= 11 is 1.83. The molecule has 0 aliphatic carbocycles. The lowest BCUT2D eigenvalue weighted by Crippen LogP contribution is -2.18. The highest BCUT2D eigenvalue weighted by atomic mass is 32.2. The minimum Gasteiger partial charge on any atom is -0.477 e. The fourth-order valence-corrected chi connectivity index (χ4v) is 2.76. The predicted molar refractivity (Wildman–Crippen MR) is 54.7 cm³/mol. The van der Waals surface area contributed by atoms with E-state index in [1.807, 2.05) is 11.8 Å². The Morgan fingerprint density at radius 2 is 2.27 bits per heavy atom. The Hall–Kier alpha value is -1.04. The van der Waals surface area contributed by atoms with Crippen LogP contribution in [0.2, 0.25) is 0 Å². The highest BCUT2D eigenvalue weighted by Gasteiger charge is 2.23. The van der Waals surface area contributed by atoms with Crippen LogP contribution in [0.4, 0.5) is 4.39 Å². The molecule has 4 nitrogen and oxygen atoms in total. The van der Waals surface area contributed by atoms with Gasteiger partial charge in [0.05, 0.1) is 12.2 Å². The number of halogens is 1. The number of aromatic carboxylic acids is 1. The molecule has 0 bridgehead atoms. The average molecular weight is 230 g/mol. The van der Waals surface area contributed by atoms with Gasteiger partial charge in [-0.3, -0.25) is 0 Å². The highest BCUT2D eigenvalue weighted by Crippen LogP contribution is 2.27. The normalized spacial score (nSPS) is 17.9. The molecule has 1 aromatic heterocycles. The first kappa shape index (κ1) is 10.5. The second kappa shape index (κ2) is 4.22. The number of hydrogen-bond acceptors (Lipinski definition) is 3. The topological polar surface area (TPSA) is 55.1 Å². The summed E-state index contributed by atoms with van der Waals surface area (Å²) in [6.45, 7) is 0. The first-order valence-electron chi connectivity index (χ1n) is 4.74.